The number of carbonyl (C=O) groups is 1. The fraction of sp³-hybridized carbons (Fsp3) is 0.667. The number of hydrogen-bond acceptors (Lipinski definition) is 5. The van der Waals surface area contributed by atoms with Crippen LogP contribution in [-0.4, -0.2) is 47.2 Å². The Kier molecular flexibility index (Phi) is 5.44. The van der Waals surface area contributed by atoms with Crippen molar-refractivity contribution in [3.63, 3.8) is 0 Å². The number of nitrogens with zero attached hydrogens (tertiary/aromatic N) is 3. The molecule has 0 spiro atoms. The maximum Gasteiger partial charge on any atom is 0.250 e. The molecule has 1 rings (SSSR count). The summed E-state index contributed by atoms with van der Waals surface area (Å²) in [6.45, 7) is 1.48. The normalized spacial score (nSPS) is 12.4. The molecule has 0 saturated heterocycles. The van der Waals surface area contributed by atoms with E-state index in [1.807, 2.05) is 0 Å². The second-order valence-corrected chi connectivity index (χ2v) is 3.27. The standard InChI is InChI=1S/C9H17N5O2/c1-16-8(7-10)9(15)11-3-2-5-14-6-4-12-13-14/h4,6,8H,2-3,5,7,10H2,1H3,(H,11,15). The van der Waals surface area contributed by atoms with Crippen molar-refractivity contribution in [3.05, 3.63) is 12.4 Å². The molecule has 0 radical (unpaired) electrons. The zero-order valence-electron chi connectivity index (χ0n) is 9.30. The van der Waals surface area contributed by atoms with Crippen molar-refractivity contribution < 1.29 is 9.53 Å². The van der Waals surface area contributed by atoms with Crippen LogP contribution in [0.25, 0.3) is 0 Å². The maximum atomic E-state index is 11.4. The second kappa shape index (κ2) is 6.91. The second-order valence-electron chi connectivity index (χ2n) is 3.27. The number of aryl methyl sites for hydroxylation is 1. The van der Waals surface area contributed by atoms with Gasteiger partial charge in [-0.15, -0.1) is 5.10 Å². The van der Waals surface area contributed by atoms with Crippen molar-refractivity contribution in [1.29, 1.82) is 0 Å². The SMILES string of the molecule is COC(CN)C(=O)NCCCn1ccnn1. The van der Waals surface area contributed by atoms with Crippen LogP contribution in [0.15, 0.2) is 12.4 Å². The third kappa shape index (κ3) is 3.95. The lowest BCUT2D eigenvalue weighted by molar-refractivity contribution is -0.130. The van der Waals surface area contributed by atoms with Crippen molar-refractivity contribution in [2.24, 2.45) is 5.73 Å². The lowest BCUT2D eigenvalue weighted by Crippen LogP contribution is -2.41. The van der Waals surface area contributed by atoms with Crippen LogP contribution < -0.4 is 11.1 Å². The Bertz CT molecular complexity index is 297. The van der Waals surface area contributed by atoms with E-state index in [2.05, 4.69) is 15.6 Å². The van der Waals surface area contributed by atoms with Crippen LogP contribution in [-0.2, 0) is 16.1 Å². The predicted octanol–water partition coefficient (Wildman–Crippen LogP) is -1.24. The van der Waals surface area contributed by atoms with Gasteiger partial charge in [0.15, 0.2) is 0 Å². The topological polar surface area (TPSA) is 95.1 Å². The van der Waals surface area contributed by atoms with Gasteiger partial charge < -0.3 is 15.8 Å². The van der Waals surface area contributed by atoms with Crippen LogP contribution in [0.1, 0.15) is 6.42 Å². The zero-order chi connectivity index (χ0) is 11.8. The number of ether oxygens (including phenoxy) is 1. The molecule has 16 heavy (non-hydrogen) atoms. The molecule has 1 atom stereocenters. The molecule has 0 aliphatic carbocycles. The number of carbonyl (C=O) groups excluding carboxylic acids is 1. The van der Waals surface area contributed by atoms with Crippen molar-refractivity contribution in [2.45, 2.75) is 19.1 Å². The number of nitrogens with two attached hydrogens (primary N) is 1. The predicted molar refractivity (Wildman–Crippen MR) is 57.5 cm³/mol. The van der Waals surface area contributed by atoms with Crippen molar-refractivity contribution >= 4 is 5.91 Å². The molecule has 0 aliphatic rings. The molecule has 7 heteroatoms. The summed E-state index contributed by atoms with van der Waals surface area (Å²) in [5, 5.41) is 10.2. The van der Waals surface area contributed by atoms with Gasteiger partial charge in [0.05, 0.1) is 6.20 Å². The van der Waals surface area contributed by atoms with Gasteiger partial charge >= 0.3 is 0 Å². The minimum atomic E-state index is -0.564. The van der Waals surface area contributed by atoms with Gasteiger partial charge in [-0.2, -0.15) is 0 Å². The smallest absolute Gasteiger partial charge is 0.250 e. The van der Waals surface area contributed by atoms with Crippen molar-refractivity contribution in [2.75, 3.05) is 20.2 Å². The molecule has 90 valence electrons. The van der Waals surface area contributed by atoms with Gasteiger partial charge in [-0.05, 0) is 6.42 Å². The highest BCUT2D eigenvalue weighted by atomic mass is 16.5. The zero-order valence-corrected chi connectivity index (χ0v) is 9.30. The number of methoxy groups -OCH3 is 1. The Morgan fingerprint density at radius 3 is 3.06 bits per heavy atom. The lowest BCUT2D eigenvalue weighted by Gasteiger charge is -2.12. The van der Waals surface area contributed by atoms with E-state index in [-0.39, 0.29) is 12.5 Å². The lowest BCUT2D eigenvalue weighted by atomic mass is 10.3. The first-order valence-corrected chi connectivity index (χ1v) is 5.12. The molecule has 0 aliphatic heterocycles. The molecule has 0 saturated carbocycles. The van der Waals surface area contributed by atoms with Crippen LogP contribution in [0.4, 0.5) is 0 Å². The van der Waals surface area contributed by atoms with Crippen molar-refractivity contribution in [1.82, 2.24) is 20.3 Å². The fourth-order valence-electron chi connectivity index (χ4n) is 1.23. The van der Waals surface area contributed by atoms with Crippen molar-refractivity contribution in [3.8, 4) is 0 Å². The van der Waals surface area contributed by atoms with Gasteiger partial charge in [0.2, 0.25) is 5.91 Å². The highest BCUT2D eigenvalue weighted by Crippen LogP contribution is 1.89. The molecule has 1 heterocycles. The number of nitrogens with one attached hydrogen (secondary N) is 1. The Labute approximate surface area is 93.9 Å². The molecule has 0 bridgehead atoms. The van der Waals surface area contributed by atoms with Crippen LogP contribution in [0.2, 0.25) is 0 Å². The van der Waals surface area contributed by atoms with Crippen LogP contribution in [0, 0.1) is 0 Å². The van der Waals surface area contributed by atoms with Gasteiger partial charge in [-0.1, -0.05) is 5.21 Å². The summed E-state index contributed by atoms with van der Waals surface area (Å²) in [4.78, 5) is 11.4. The number of hydrogen-bond donors (Lipinski definition) is 2. The van der Waals surface area contributed by atoms with E-state index in [4.69, 9.17) is 10.5 Å². The first-order valence-electron chi connectivity index (χ1n) is 5.12. The minimum Gasteiger partial charge on any atom is -0.370 e. The van der Waals surface area contributed by atoms with Crippen LogP contribution in [0.3, 0.4) is 0 Å². The van der Waals surface area contributed by atoms with E-state index < -0.39 is 6.10 Å². The van der Waals surface area contributed by atoms with E-state index in [1.165, 1.54) is 7.11 Å². The molecule has 1 aromatic rings. The summed E-state index contributed by atoms with van der Waals surface area (Å²) in [5.41, 5.74) is 5.36. The number of amides is 1. The number of rotatable bonds is 7. The summed E-state index contributed by atoms with van der Waals surface area (Å²) >= 11 is 0. The molecule has 1 amide bonds. The quantitative estimate of drug-likeness (QED) is 0.568. The first kappa shape index (κ1) is 12.6. The molecule has 1 unspecified atom stereocenters. The highest BCUT2D eigenvalue weighted by Gasteiger charge is 2.14. The number of aromatic nitrogens is 3. The summed E-state index contributed by atoms with van der Waals surface area (Å²) in [6.07, 6.45) is 3.62. The largest absolute Gasteiger partial charge is 0.370 e. The van der Waals surface area contributed by atoms with Gasteiger partial charge in [0.25, 0.3) is 0 Å². The van der Waals surface area contributed by atoms with E-state index in [0.717, 1.165) is 13.0 Å². The summed E-state index contributed by atoms with van der Waals surface area (Å²) < 4.78 is 6.61. The van der Waals surface area contributed by atoms with Gasteiger partial charge in [0.1, 0.15) is 6.10 Å². The molecular formula is C9H17N5O2. The summed E-state index contributed by atoms with van der Waals surface area (Å²) in [7, 11) is 1.46. The van der Waals surface area contributed by atoms with E-state index >= 15 is 0 Å². The van der Waals surface area contributed by atoms with Gasteiger partial charge in [-0.3, -0.25) is 9.48 Å². The molecular weight excluding hydrogens is 210 g/mol. The van der Waals surface area contributed by atoms with Gasteiger partial charge in [-0.25, -0.2) is 0 Å². The molecule has 3 N–H and O–H groups in total. The Hall–Kier alpha value is -1.47. The highest BCUT2D eigenvalue weighted by molar-refractivity contribution is 5.80. The molecule has 0 fully saturated rings. The molecule has 0 aromatic carbocycles. The Balaban J connectivity index is 2.13. The van der Waals surface area contributed by atoms with Crippen LogP contribution in [0.5, 0.6) is 0 Å². The van der Waals surface area contributed by atoms with Crippen LogP contribution >= 0.6 is 0 Å². The van der Waals surface area contributed by atoms with E-state index in [9.17, 15) is 4.79 Å². The minimum absolute atomic E-state index is 0.177. The average molecular weight is 227 g/mol. The molecule has 7 nitrogen and oxygen atoms in total. The Morgan fingerprint density at radius 1 is 1.69 bits per heavy atom. The van der Waals surface area contributed by atoms with E-state index in [0.29, 0.717) is 6.54 Å². The Morgan fingerprint density at radius 2 is 2.50 bits per heavy atom. The average Bonchev–Trinajstić information content (AvgIpc) is 2.79. The fourth-order valence-corrected chi connectivity index (χ4v) is 1.23. The summed E-state index contributed by atoms with van der Waals surface area (Å²) in [5.74, 6) is -0.177. The summed E-state index contributed by atoms with van der Waals surface area (Å²) in [6, 6.07) is 0. The maximum absolute atomic E-state index is 11.4. The third-order valence-electron chi connectivity index (χ3n) is 2.13. The first-order chi connectivity index (χ1) is 7.77. The third-order valence-corrected chi connectivity index (χ3v) is 2.13. The molecule has 1 aromatic heterocycles. The monoisotopic (exact) mass is 227 g/mol. The van der Waals surface area contributed by atoms with E-state index in [1.54, 1.807) is 17.1 Å². The van der Waals surface area contributed by atoms with Gasteiger partial charge in [0, 0.05) is 32.9 Å².